The van der Waals surface area contributed by atoms with E-state index in [4.69, 9.17) is 0 Å². The van der Waals surface area contributed by atoms with E-state index in [1.54, 1.807) is 6.34 Å². The molecule has 2 nitrogen and oxygen atoms in total. The normalized spacial score (nSPS) is 25.4. The topological polar surface area (TPSA) is 24.4 Å². The lowest BCUT2D eigenvalue weighted by Gasteiger charge is -2.25. The Kier molecular flexibility index (Phi) is 2.58. The molecule has 1 N–H and O–H groups in total. The molecule has 0 saturated carbocycles. The van der Waals surface area contributed by atoms with Crippen LogP contribution in [0.15, 0.2) is 45.1 Å². The minimum atomic E-state index is -0.219. The van der Waals surface area contributed by atoms with Gasteiger partial charge in [-0.25, -0.2) is 0 Å². The van der Waals surface area contributed by atoms with Gasteiger partial charge in [-0.3, -0.25) is 4.99 Å². The zero-order valence-corrected chi connectivity index (χ0v) is 10.0. The molecule has 2 rings (SSSR count). The Hall–Kier alpha value is -0.840. The summed E-state index contributed by atoms with van der Waals surface area (Å²) in [7, 11) is 0. The predicted octanol–water partition coefficient (Wildman–Crippen LogP) is 2.81. The first-order valence-corrected chi connectivity index (χ1v) is 5.53. The van der Waals surface area contributed by atoms with Gasteiger partial charge in [-0.15, -0.1) is 0 Å². The van der Waals surface area contributed by atoms with E-state index in [1.165, 1.54) is 5.56 Å². The van der Waals surface area contributed by atoms with E-state index < -0.39 is 0 Å². The molecule has 0 saturated heterocycles. The maximum Gasteiger partial charge on any atom is 0.105 e. The molecule has 1 aromatic carbocycles. The minimum Gasteiger partial charge on any atom is -0.342 e. The summed E-state index contributed by atoms with van der Waals surface area (Å²) < 4.78 is 1.11. The van der Waals surface area contributed by atoms with Gasteiger partial charge in [0.15, 0.2) is 0 Å². The van der Waals surface area contributed by atoms with Gasteiger partial charge in [0.05, 0.1) is 10.0 Å². The van der Waals surface area contributed by atoms with E-state index in [0.717, 1.165) is 3.70 Å². The molecule has 0 aliphatic carbocycles. The quantitative estimate of drug-likeness (QED) is 0.626. The van der Waals surface area contributed by atoms with Crippen LogP contribution in [0.25, 0.3) is 0 Å². The summed E-state index contributed by atoms with van der Waals surface area (Å²) in [6.07, 6.45) is 3.89. The largest absolute Gasteiger partial charge is 0.342 e. The van der Waals surface area contributed by atoms with Crippen molar-refractivity contribution in [2.75, 3.05) is 0 Å². The highest BCUT2D eigenvalue weighted by atomic mass is 127. The third-order valence-corrected chi connectivity index (χ3v) is 2.92. The molecule has 0 amide bonds. The summed E-state index contributed by atoms with van der Waals surface area (Å²) in [5.74, 6) is 0. The van der Waals surface area contributed by atoms with Crippen LogP contribution in [0.2, 0.25) is 0 Å². The van der Waals surface area contributed by atoms with E-state index in [9.17, 15) is 0 Å². The third kappa shape index (κ3) is 1.82. The van der Waals surface area contributed by atoms with Crippen molar-refractivity contribution in [3.8, 4) is 0 Å². The molecular weight excluding hydrogens is 287 g/mol. The van der Waals surface area contributed by atoms with Gasteiger partial charge >= 0.3 is 0 Å². The number of hydrogen-bond acceptors (Lipinski definition) is 2. The van der Waals surface area contributed by atoms with Gasteiger partial charge in [0.2, 0.25) is 0 Å². The fourth-order valence-corrected chi connectivity index (χ4v) is 2.23. The van der Waals surface area contributed by atoms with Crippen LogP contribution in [0.5, 0.6) is 0 Å². The van der Waals surface area contributed by atoms with E-state index in [2.05, 4.69) is 58.0 Å². The van der Waals surface area contributed by atoms with Crippen molar-refractivity contribution >= 4 is 28.9 Å². The highest BCUT2D eigenvalue weighted by molar-refractivity contribution is 14.1. The second-order valence-corrected chi connectivity index (χ2v) is 4.57. The fourth-order valence-electron chi connectivity index (χ4n) is 1.49. The maximum atomic E-state index is 4.46. The van der Waals surface area contributed by atoms with E-state index in [0.29, 0.717) is 0 Å². The predicted molar refractivity (Wildman–Crippen MR) is 67.5 cm³/mol. The van der Waals surface area contributed by atoms with Crippen LogP contribution in [0, 0.1) is 0 Å². The third-order valence-electron chi connectivity index (χ3n) is 2.30. The lowest BCUT2D eigenvalue weighted by molar-refractivity contribution is 0.622. The van der Waals surface area contributed by atoms with Crippen molar-refractivity contribution in [1.82, 2.24) is 5.32 Å². The molecule has 1 aromatic rings. The smallest absolute Gasteiger partial charge is 0.105 e. The molecule has 0 radical (unpaired) electrons. The highest BCUT2D eigenvalue weighted by Crippen LogP contribution is 2.30. The molecule has 1 aliphatic heterocycles. The Morgan fingerprint density at radius 3 is 2.64 bits per heavy atom. The van der Waals surface area contributed by atoms with Gasteiger partial charge in [0, 0.05) is 0 Å². The number of halogens is 1. The Bertz CT molecular complexity index is 384. The van der Waals surface area contributed by atoms with Crippen LogP contribution in [0.3, 0.4) is 0 Å². The summed E-state index contributed by atoms with van der Waals surface area (Å²) in [6, 6.07) is 10.3. The van der Waals surface area contributed by atoms with E-state index in [1.807, 2.05) is 18.2 Å². The van der Waals surface area contributed by atoms with Gasteiger partial charge < -0.3 is 5.32 Å². The van der Waals surface area contributed by atoms with Gasteiger partial charge in [-0.2, -0.15) is 0 Å². The first-order chi connectivity index (χ1) is 6.71. The van der Waals surface area contributed by atoms with Crippen LogP contribution < -0.4 is 5.32 Å². The van der Waals surface area contributed by atoms with Crippen molar-refractivity contribution in [3.63, 3.8) is 0 Å². The Labute approximate surface area is 97.3 Å². The SMILES string of the molecule is CC1(c2ccccc2)C=C(I)NC=N1. The highest BCUT2D eigenvalue weighted by Gasteiger charge is 2.24. The lowest BCUT2D eigenvalue weighted by Crippen LogP contribution is -2.25. The standard InChI is InChI=1S/C11H11IN2/c1-11(7-10(12)13-8-14-11)9-5-3-2-4-6-9/h2-8H,1H3,(H,13,14). The van der Waals surface area contributed by atoms with Crippen LogP contribution in [0.1, 0.15) is 12.5 Å². The molecule has 1 unspecified atom stereocenters. The second-order valence-electron chi connectivity index (χ2n) is 3.41. The molecule has 0 spiro atoms. The molecule has 1 aliphatic rings. The van der Waals surface area contributed by atoms with Gasteiger partial charge in [0.25, 0.3) is 0 Å². The molecule has 0 aromatic heterocycles. The summed E-state index contributed by atoms with van der Waals surface area (Å²) in [4.78, 5) is 4.46. The average molecular weight is 298 g/mol. The van der Waals surface area contributed by atoms with Crippen molar-refractivity contribution in [1.29, 1.82) is 0 Å². The molecule has 1 atom stereocenters. The number of nitrogens with one attached hydrogen (secondary N) is 1. The van der Waals surface area contributed by atoms with Gasteiger partial charge in [-0.1, -0.05) is 30.3 Å². The number of aliphatic imine (C=N–C) groups is 1. The fraction of sp³-hybridized carbons (Fsp3) is 0.182. The number of benzene rings is 1. The molecule has 72 valence electrons. The molecule has 1 heterocycles. The molecule has 0 bridgehead atoms. The number of rotatable bonds is 1. The van der Waals surface area contributed by atoms with Crippen LogP contribution in [-0.4, -0.2) is 6.34 Å². The van der Waals surface area contributed by atoms with Crippen LogP contribution in [-0.2, 0) is 5.54 Å². The summed E-state index contributed by atoms with van der Waals surface area (Å²) in [5.41, 5.74) is 0.996. The lowest BCUT2D eigenvalue weighted by atomic mass is 9.92. The Balaban J connectivity index is 2.42. The summed E-state index contributed by atoms with van der Waals surface area (Å²) in [6.45, 7) is 2.11. The second kappa shape index (κ2) is 3.73. The molecule has 14 heavy (non-hydrogen) atoms. The van der Waals surface area contributed by atoms with E-state index in [-0.39, 0.29) is 5.54 Å². The van der Waals surface area contributed by atoms with Gasteiger partial charge in [0.1, 0.15) is 5.54 Å². The summed E-state index contributed by atoms with van der Waals surface area (Å²) in [5, 5.41) is 3.06. The molecule has 0 fully saturated rings. The zero-order chi connectivity index (χ0) is 10.0. The summed E-state index contributed by atoms with van der Waals surface area (Å²) >= 11 is 2.27. The van der Waals surface area contributed by atoms with Gasteiger partial charge in [-0.05, 0) is 41.2 Å². The first kappa shape index (κ1) is 9.71. The molecular formula is C11H11IN2. The van der Waals surface area contributed by atoms with Crippen molar-refractivity contribution in [2.24, 2.45) is 4.99 Å². The monoisotopic (exact) mass is 298 g/mol. The van der Waals surface area contributed by atoms with Crippen LogP contribution in [0.4, 0.5) is 0 Å². The van der Waals surface area contributed by atoms with Crippen molar-refractivity contribution in [3.05, 3.63) is 45.7 Å². The van der Waals surface area contributed by atoms with Crippen molar-refractivity contribution in [2.45, 2.75) is 12.5 Å². The number of hydrogen-bond donors (Lipinski definition) is 1. The van der Waals surface area contributed by atoms with Crippen LogP contribution >= 0.6 is 22.6 Å². The van der Waals surface area contributed by atoms with Crippen molar-refractivity contribution < 1.29 is 0 Å². The number of nitrogens with zero attached hydrogens (tertiary/aromatic N) is 1. The average Bonchev–Trinajstić information content (AvgIpc) is 2.19. The first-order valence-electron chi connectivity index (χ1n) is 4.45. The Morgan fingerprint density at radius 2 is 2.00 bits per heavy atom. The minimum absolute atomic E-state index is 0.219. The Morgan fingerprint density at radius 1 is 1.29 bits per heavy atom. The van der Waals surface area contributed by atoms with E-state index >= 15 is 0 Å². The zero-order valence-electron chi connectivity index (χ0n) is 7.87. The maximum absolute atomic E-state index is 4.46. The molecule has 3 heteroatoms.